The molecule has 0 aromatic heterocycles. The van der Waals surface area contributed by atoms with Crippen LogP contribution in [0.15, 0.2) is 0 Å². The van der Waals surface area contributed by atoms with Gasteiger partial charge in [-0.15, -0.1) is 0 Å². The third-order valence-electron chi connectivity index (χ3n) is 3.97. The Balaban J connectivity index is 0. The van der Waals surface area contributed by atoms with Crippen molar-refractivity contribution in [2.45, 2.75) is 110 Å². The summed E-state index contributed by atoms with van der Waals surface area (Å²) in [5.74, 6) is -0.675. The lowest BCUT2D eigenvalue weighted by molar-refractivity contribution is -0.137. The standard InChI is InChI=1S/C12H26O4S.C7H14O2/c1-2-3-4-5-6-7-8-9-10-11-12-16-17(13,14)15;1-2-3-4-5-6-7(8)9/h2-12H2,1H3,(H,13,14,15);2-6H2,1H3,(H,8,9). The van der Waals surface area contributed by atoms with Gasteiger partial charge in [-0.1, -0.05) is 90.9 Å². The summed E-state index contributed by atoms with van der Waals surface area (Å²) in [4.78, 5) is 9.96. The largest absolute Gasteiger partial charge is 0.481 e. The van der Waals surface area contributed by atoms with Crippen LogP contribution in [0.2, 0.25) is 0 Å². The summed E-state index contributed by atoms with van der Waals surface area (Å²) in [5.41, 5.74) is 0. The fourth-order valence-electron chi connectivity index (χ4n) is 2.46. The first kappa shape index (κ1) is 27.6. The Kier molecular flexibility index (Phi) is 21.9. The van der Waals surface area contributed by atoms with Crippen LogP contribution >= 0.6 is 0 Å². The van der Waals surface area contributed by atoms with Gasteiger partial charge in [0, 0.05) is 6.42 Å². The van der Waals surface area contributed by atoms with E-state index in [0.29, 0.717) is 12.8 Å². The molecule has 0 saturated carbocycles. The zero-order valence-electron chi connectivity index (χ0n) is 16.7. The van der Waals surface area contributed by atoms with E-state index in [0.717, 1.165) is 32.1 Å². The smallest absolute Gasteiger partial charge is 0.397 e. The quantitative estimate of drug-likeness (QED) is 0.239. The Morgan fingerprint density at radius 1 is 0.731 bits per heavy atom. The number of carbonyl (C=O) groups is 1. The molecule has 0 fully saturated rings. The highest BCUT2D eigenvalue weighted by Gasteiger charge is 2.02. The number of aliphatic carboxylic acids is 1. The minimum Gasteiger partial charge on any atom is -0.481 e. The summed E-state index contributed by atoms with van der Waals surface area (Å²) in [7, 11) is -4.23. The average Bonchev–Trinajstić information content (AvgIpc) is 2.56. The van der Waals surface area contributed by atoms with Gasteiger partial charge >= 0.3 is 16.4 Å². The van der Waals surface area contributed by atoms with Crippen LogP contribution in [-0.4, -0.2) is 30.7 Å². The van der Waals surface area contributed by atoms with Gasteiger partial charge in [0.1, 0.15) is 0 Å². The molecule has 0 heterocycles. The predicted molar refractivity (Wildman–Crippen MR) is 106 cm³/mol. The van der Waals surface area contributed by atoms with Crippen molar-refractivity contribution in [3.05, 3.63) is 0 Å². The summed E-state index contributed by atoms with van der Waals surface area (Å²) in [6, 6.07) is 0. The minimum atomic E-state index is -4.23. The number of hydrogen-bond donors (Lipinski definition) is 2. The molecule has 0 aliphatic heterocycles. The van der Waals surface area contributed by atoms with Crippen molar-refractivity contribution >= 4 is 16.4 Å². The Labute approximate surface area is 160 Å². The highest BCUT2D eigenvalue weighted by Crippen LogP contribution is 2.10. The molecule has 0 aromatic carbocycles. The molecule has 7 heteroatoms. The molecule has 26 heavy (non-hydrogen) atoms. The van der Waals surface area contributed by atoms with Crippen LogP contribution in [0.1, 0.15) is 110 Å². The highest BCUT2D eigenvalue weighted by molar-refractivity contribution is 7.80. The average molecular weight is 397 g/mol. The summed E-state index contributed by atoms with van der Waals surface area (Å²) in [6.45, 7) is 4.42. The normalized spacial score (nSPS) is 11.0. The molecule has 0 rings (SSSR count). The summed E-state index contributed by atoms with van der Waals surface area (Å²) in [6.07, 6.45) is 16.4. The molecule has 0 unspecified atom stereocenters. The van der Waals surface area contributed by atoms with Crippen LogP contribution in [-0.2, 0) is 19.4 Å². The molecule has 0 aliphatic carbocycles. The predicted octanol–water partition coefficient (Wildman–Crippen LogP) is 5.77. The van der Waals surface area contributed by atoms with E-state index in [1.165, 1.54) is 51.4 Å². The van der Waals surface area contributed by atoms with E-state index in [-0.39, 0.29) is 6.61 Å². The zero-order valence-corrected chi connectivity index (χ0v) is 17.6. The number of carboxylic acid groups (broad SMARTS) is 1. The third kappa shape index (κ3) is 31.1. The maximum Gasteiger partial charge on any atom is 0.397 e. The SMILES string of the molecule is CCCCCCC(=O)O.CCCCCCCCCCCCOS(=O)(=O)O. The molecule has 0 bridgehead atoms. The minimum absolute atomic E-state index is 0.0926. The number of unbranched alkanes of at least 4 members (excludes halogenated alkanes) is 12. The van der Waals surface area contributed by atoms with Crippen molar-refractivity contribution in [2.24, 2.45) is 0 Å². The molecule has 6 nitrogen and oxygen atoms in total. The van der Waals surface area contributed by atoms with Gasteiger partial charge in [0.2, 0.25) is 0 Å². The van der Waals surface area contributed by atoms with Crippen LogP contribution in [0.5, 0.6) is 0 Å². The second kappa shape index (κ2) is 20.6. The van der Waals surface area contributed by atoms with Crippen molar-refractivity contribution in [1.29, 1.82) is 0 Å². The molecule has 0 saturated heterocycles. The lowest BCUT2D eigenvalue weighted by Gasteiger charge is -2.02. The summed E-state index contributed by atoms with van der Waals surface area (Å²) >= 11 is 0. The lowest BCUT2D eigenvalue weighted by Crippen LogP contribution is -2.04. The van der Waals surface area contributed by atoms with E-state index in [2.05, 4.69) is 18.0 Å². The summed E-state index contributed by atoms with van der Waals surface area (Å²) < 4.78 is 33.0. The van der Waals surface area contributed by atoms with Gasteiger partial charge in [0.15, 0.2) is 0 Å². The van der Waals surface area contributed by atoms with Crippen molar-refractivity contribution in [1.82, 2.24) is 0 Å². The second-order valence-corrected chi connectivity index (χ2v) is 7.73. The van der Waals surface area contributed by atoms with Crippen LogP contribution in [0, 0.1) is 0 Å². The van der Waals surface area contributed by atoms with Gasteiger partial charge in [-0.3, -0.25) is 9.35 Å². The first-order valence-electron chi connectivity index (χ1n) is 10.2. The number of carboxylic acids is 1. The molecule has 0 amide bonds. The van der Waals surface area contributed by atoms with Gasteiger partial charge in [0.05, 0.1) is 6.61 Å². The van der Waals surface area contributed by atoms with E-state index >= 15 is 0 Å². The monoisotopic (exact) mass is 396 g/mol. The molecular weight excluding hydrogens is 356 g/mol. The van der Waals surface area contributed by atoms with Crippen molar-refractivity contribution in [3.63, 3.8) is 0 Å². The number of rotatable bonds is 17. The van der Waals surface area contributed by atoms with Gasteiger partial charge < -0.3 is 5.11 Å². The molecular formula is C19H40O6S. The van der Waals surface area contributed by atoms with E-state index in [1.807, 2.05) is 0 Å². The van der Waals surface area contributed by atoms with E-state index in [1.54, 1.807) is 0 Å². The Morgan fingerprint density at radius 2 is 1.12 bits per heavy atom. The van der Waals surface area contributed by atoms with E-state index in [4.69, 9.17) is 9.66 Å². The molecule has 0 atom stereocenters. The van der Waals surface area contributed by atoms with Crippen LogP contribution in [0.4, 0.5) is 0 Å². The molecule has 0 spiro atoms. The maximum absolute atomic E-state index is 10.2. The Morgan fingerprint density at radius 3 is 1.50 bits per heavy atom. The fraction of sp³-hybridized carbons (Fsp3) is 0.947. The van der Waals surface area contributed by atoms with Crippen LogP contribution in [0.3, 0.4) is 0 Å². The van der Waals surface area contributed by atoms with Crippen molar-refractivity contribution in [3.8, 4) is 0 Å². The van der Waals surface area contributed by atoms with Gasteiger partial charge in [-0.25, -0.2) is 4.18 Å². The second-order valence-electron chi connectivity index (χ2n) is 6.64. The molecule has 0 aliphatic rings. The molecule has 158 valence electrons. The van der Waals surface area contributed by atoms with E-state index in [9.17, 15) is 13.2 Å². The van der Waals surface area contributed by atoms with Gasteiger partial charge in [-0.05, 0) is 12.8 Å². The maximum atomic E-state index is 10.2. The van der Waals surface area contributed by atoms with Crippen molar-refractivity contribution in [2.75, 3.05) is 6.61 Å². The first-order chi connectivity index (χ1) is 12.3. The topological polar surface area (TPSA) is 101 Å². The lowest BCUT2D eigenvalue weighted by atomic mass is 10.1. The zero-order chi connectivity index (χ0) is 20.1. The van der Waals surface area contributed by atoms with Crippen molar-refractivity contribution < 1.29 is 27.1 Å². The molecule has 0 aromatic rings. The van der Waals surface area contributed by atoms with E-state index < -0.39 is 16.4 Å². The third-order valence-corrected chi connectivity index (χ3v) is 4.44. The Bertz CT molecular complexity index is 395. The first-order valence-corrected chi connectivity index (χ1v) is 11.5. The molecule has 2 N–H and O–H groups in total. The van der Waals surface area contributed by atoms with Gasteiger partial charge in [0.25, 0.3) is 0 Å². The number of hydrogen-bond acceptors (Lipinski definition) is 4. The Hall–Kier alpha value is -0.660. The highest BCUT2D eigenvalue weighted by atomic mass is 32.3. The van der Waals surface area contributed by atoms with Crippen LogP contribution in [0.25, 0.3) is 0 Å². The summed E-state index contributed by atoms with van der Waals surface area (Å²) in [5, 5.41) is 8.21. The molecule has 0 radical (unpaired) electrons. The van der Waals surface area contributed by atoms with Crippen LogP contribution < -0.4 is 0 Å². The fourth-order valence-corrected chi connectivity index (χ4v) is 2.79. The van der Waals surface area contributed by atoms with Gasteiger partial charge in [-0.2, -0.15) is 8.42 Å².